The number of hydrogen-bond acceptors (Lipinski definition) is 3. The first kappa shape index (κ1) is 18.6. The van der Waals surface area contributed by atoms with Gasteiger partial charge in [0.25, 0.3) is 0 Å². The third kappa shape index (κ3) is 3.67. The summed E-state index contributed by atoms with van der Waals surface area (Å²) in [7, 11) is 0. The highest BCUT2D eigenvalue weighted by Crippen LogP contribution is 2.27. The number of aryl methyl sites for hydroxylation is 1. The Labute approximate surface area is 154 Å². The van der Waals surface area contributed by atoms with Crippen molar-refractivity contribution in [2.75, 3.05) is 5.32 Å². The molecule has 0 aliphatic heterocycles. The zero-order valence-corrected chi connectivity index (χ0v) is 15.3. The van der Waals surface area contributed by atoms with E-state index in [0.29, 0.717) is 5.69 Å². The van der Waals surface area contributed by atoms with Crippen LogP contribution in [0.4, 0.5) is 10.1 Å². The molecule has 0 aliphatic rings. The summed E-state index contributed by atoms with van der Waals surface area (Å²) in [6, 6.07) is 9.39. The summed E-state index contributed by atoms with van der Waals surface area (Å²) in [4.78, 5) is 39.1. The van der Waals surface area contributed by atoms with E-state index in [-0.39, 0.29) is 23.5 Å². The van der Waals surface area contributed by atoms with Gasteiger partial charge >= 0.3 is 11.1 Å². The lowest BCUT2D eigenvalue weighted by Crippen LogP contribution is -2.39. The second-order valence-corrected chi connectivity index (χ2v) is 6.75. The van der Waals surface area contributed by atoms with E-state index in [9.17, 15) is 18.8 Å². The Morgan fingerprint density at radius 2 is 1.96 bits per heavy atom. The van der Waals surface area contributed by atoms with Crippen molar-refractivity contribution in [3.8, 4) is 0 Å². The van der Waals surface area contributed by atoms with Gasteiger partial charge in [-0.25, -0.2) is 4.39 Å². The molecular weight excluding hydrogens is 349 g/mol. The number of halogens is 1. The molecule has 0 atom stereocenters. The van der Waals surface area contributed by atoms with Crippen LogP contribution < -0.4 is 16.4 Å². The molecule has 3 aromatic rings. The number of aromatic nitrogens is 2. The summed E-state index contributed by atoms with van der Waals surface area (Å²) in [6.07, 6.45) is 0. The van der Waals surface area contributed by atoms with Gasteiger partial charge in [-0.1, -0.05) is 32.0 Å². The highest BCUT2D eigenvalue weighted by molar-refractivity contribution is 5.93. The average molecular weight is 369 g/mol. The van der Waals surface area contributed by atoms with Crippen molar-refractivity contribution in [1.29, 1.82) is 0 Å². The lowest BCUT2D eigenvalue weighted by molar-refractivity contribution is -0.116. The molecule has 1 heterocycles. The van der Waals surface area contributed by atoms with Gasteiger partial charge in [-0.05, 0) is 42.2 Å². The molecule has 27 heavy (non-hydrogen) atoms. The molecule has 1 amide bonds. The SMILES string of the molecule is Cc1cccc(C(C)C)c1NC(=O)Cn1c(=O)c(=O)[nH]c2cc(F)ccc21. The number of H-pyrrole nitrogens is 1. The van der Waals surface area contributed by atoms with Crippen LogP contribution in [0.3, 0.4) is 0 Å². The van der Waals surface area contributed by atoms with E-state index in [1.54, 1.807) is 0 Å². The lowest BCUT2D eigenvalue weighted by Gasteiger charge is -2.17. The minimum absolute atomic E-state index is 0.158. The Bertz CT molecular complexity index is 1150. The molecule has 3 rings (SSSR count). The predicted molar refractivity (Wildman–Crippen MR) is 103 cm³/mol. The minimum Gasteiger partial charge on any atom is -0.324 e. The number of para-hydroxylation sites is 1. The zero-order chi connectivity index (χ0) is 19.7. The summed E-state index contributed by atoms with van der Waals surface area (Å²) in [5.74, 6) is -0.787. The number of nitrogens with one attached hydrogen (secondary N) is 2. The smallest absolute Gasteiger partial charge is 0.317 e. The highest BCUT2D eigenvalue weighted by Gasteiger charge is 2.15. The van der Waals surface area contributed by atoms with Gasteiger partial charge in [-0.2, -0.15) is 0 Å². The number of amides is 1. The number of rotatable bonds is 4. The molecule has 0 aliphatic carbocycles. The topological polar surface area (TPSA) is 84.0 Å². The van der Waals surface area contributed by atoms with Gasteiger partial charge in [0.15, 0.2) is 0 Å². The van der Waals surface area contributed by atoms with Gasteiger partial charge in [0.2, 0.25) is 5.91 Å². The maximum absolute atomic E-state index is 13.4. The van der Waals surface area contributed by atoms with Crippen molar-refractivity contribution in [3.05, 3.63) is 74.0 Å². The number of hydrogen-bond donors (Lipinski definition) is 2. The van der Waals surface area contributed by atoms with Crippen molar-refractivity contribution in [2.45, 2.75) is 33.2 Å². The molecule has 2 N–H and O–H groups in total. The van der Waals surface area contributed by atoms with Crippen LogP contribution in [-0.4, -0.2) is 15.5 Å². The lowest BCUT2D eigenvalue weighted by atomic mass is 9.98. The number of aromatic amines is 1. The molecule has 1 aromatic heterocycles. The summed E-state index contributed by atoms with van der Waals surface area (Å²) in [6.45, 7) is 5.58. The Balaban J connectivity index is 2.00. The molecule has 6 nitrogen and oxygen atoms in total. The predicted octanol–water partition coefficient (Wildman–Crippen LogP) is 2.90. The van der Waals surface area contributed by atoms with Crippen molar-refractivity contribution >= 4 is 22.6 Å². The maximum Gasteiger partial charge on any atom is 0.317 e. The van der Waals surface area contributed by atoms with Gasteiger partial charge in [0.05, 0.1) is 11.0 Å². The van der Waals surface area contributed by atoms with Crippen molar-refractivity contribution in [2.24, 2.45) is 0 Å². The number of nitrogens with zero attached hydrogens (tertiary/aromatic N) is 1. The summed E-state index contributed by atoms with van der Waals surface area (Å²) in [5, 5.41) is 2.85. The Morgan fingerprint density at radius 3 is 2.67 bits per heavy atom. The van der Waals surface area contributed by atoms with Gasteiger partial charge in [0.1, 0.15) is 12.4 Å². The fraction of sp³-hybridized carbons (Fsp3) is 0.250. The van der Waals surface area contributed by atoms with Crippen LogP contribution in [0, 0.1) is 12.7 Å². The highest BCUT2D eigenvalue weighted by atomic mass is 19.1. The molecule has 140 valence electrons. The number of carbonyl (C=O) groups excluding carboxylic acids is 1. The average Bonchev–Trinajstić information content (AvgIpc) is 2.60. The Morgan fingerprint density at radius 1 is 1.22 bits per heavy atom. The molecule has 0 radical (unpaired) electrons. The van der Waals surface area contributed by atoms with Crippen LogP contribution in [0.15, 0.2) is 46.0 Å². The largest absolute Gasteiger partial charge is 0.324 e. The van der Waals surface area contributed by atoms with Crippen LogP contribution in [-0.2, 0) is 11.3 Å². The van der Waals surface area contributed by atoms with Crippen LogP contribution in [0.25, 0.3) is 11.0 Å². The first-order chi connectivity index (χ1) is 12.8. The molecule has 7 heteroatoms. The first-order valence-electron chi connectivity index (χ1n) is 8.59. The molecule has 0 spiro atoms. The standard InChI is InChI=1S/C20H20FN3O3/c1-11(2)14-6-4-5-12(3)18(14)23-17(25)10-24-16-8-7-13(21)9-15(16)22-19(26)20(24)27/h4-9,11H,10H2,1-3H3,(H,22,26)(H,23,25). The molecule has 0 fully saturated rings. The van der Waals surface area contributed by atoms with E-state index in [1.165, 1.54) is 12.1 Å². The van der Waals surface area contributed by atoms with E-state index in [2.05, 4.69) is 10.3 Å². The van der Waals surface area contributed by atoms with Crippen LogP contribution >= 0.6 is 0 Å². The molecule has 2 aromatic carbocycles. The maximum atomic E-state index is 13.4. The van der Waals surface area contributed by atoms with Gasteiger partial charge in [-0.3, -0.25) is 19.0 Å². The molecular formula is C20H20FN3O3. The third-order valence-electron chi connectivity index (χ3n) is 4.43. The van der Waals surface area contributed by atoms with E-state index in [4.69, 9.17) is 0 Å². The summed E-state index contributed by atoms with van der Waals surface area (Å²) in [5.41, 5.74) is 1.26. The molecule has 0 unspecified atom stereocenters. The number of benzene rings is 2. The summed E-state index contributed by atoms with van der Waals surface area (Å²) >= 11 is 0. The molecule has 0 bridgehead atoms. The quantitative estimate of drug-likeness (QED) is 0.694. The van der Waals surface area contributed by atoms with E-state index in [1.807, 2.05) is 39.0 Å². The number of fused-ring (bicyclic) bond motifs is 1. The van der Waals surface area contributed by atoms with Crippen molar-refractivity contribution in [3.63, 3.8) is 0 Å². The fourth-order valence-corrected chi connectivity index (χ4v) is 3.07. The third-order valence-corrected chi connectivity index (χ3v) is 4.43. The fourth-order valence-electron chi connectivity index (χ4n) is 3.07. The van der Waals surface area contributed by atoms with Crippen molar-refractivity contribution < 1.29 is 9.18 Å². The monoisotopic (exact) mass is 369 g/mol. The molecule has 0 saturated carbocycles. The zero-order valence-electron chi connectivity index (χ0n) is 15.3. The van der Waals surface area contributed by atoms with E-state index < -0.39 is 22.8 Å². The van der Waals surface area contributed by atoms with Crippen LogP contribution in [0.1, 0.15) is 30.9 Å². The number of anilines is 1. The normalized spacial score (nSPS) is 11.1. The van der Waals surface area contributed by atoms with E-state index >= 15 is 0 Å². The second-order valence-electron chi connectivity index (χ2n) is 6.75. The van der Waals surface area contributed by atoms with Crippen LogP contribution in [0.5, 0.6) is 0 Å². The van der Waals surface area contributed by atoms with Gasteiger partial charge in [-0.15, -0.1) is 0 Å². The Hall–Kier alpha value is -3.22. The Kier molecular flexibility index (Phi) is 4.94. The second kappa shape index (κ2) is 7.19. The van der Waals surface area contributed by atoms with E-state index in [0.717, 1.165) is 21.8 Å². The minimum atomic E-state index is -0.903. The summed E-state index contributed by atoms with van der Waals surface area (Å²) < 4.78 is 14.5. The van der Waals surface area contributed by atoms with Gasteiger partial charge < -0.3 is 10.3 Å². The van der Waals surface area contributed by atoms with Gasteiger partial charge in [0, 0.05) is 5.69 Å². The van der Waals surface area contributed by atoms with Crippen LogP contribution in [0.2, 0.25) is 0 Å². The molecule has 0 saturated heterocycles. The number of carbonyl (C=O) groups is 1. The van der Waals surface area contributed by atoms with Crippen molar-refractivity contribution in [1.82, 2.24) is 9.55 Å². The first-order valence-corrected chi connectivity index (χ1v) is 8.59.